The molecule has 9 heteroatoms. The number of thiocarbonyl (C=S) groups is 1. The fourth-order valence-corrected chi connectivity index (χ4v) is 4.71. The number of para-hydroxylation sites is 1. The van der Waals surface area contributed by atoms with E-state index in [1.807, 2.05) is 24.3 Å². The summed E-state index contributed by atoms with van der Waals surface area (Å²) in [7, 11) is 0. The highest BCUT2D eigenvalue weighted by Crippen LogP contribution is 2.48. The van der Waals surface area contributed by atoms with Gasteiger partial charge >= 0.3 is 5.97 Å². The summed E-state index contributed by atoms with van der Waals surface area (Å²) >= 11 is 6.61. The van der Waals surface area contributed by atoms with Gasteiger partial charge in [-0.15, -0.1) is 0 Å². The van der Waals surface area contributed by atoms with Gasteiger partial charge in [-0.05, 0) is 38.2 Å². The zero-order valence-corrected chi connectivity index (χ0v) is 16.6. The summed E-state index contributed by atoms with van der Waals surface area (Å²) in [4.78, 5) is 42.6. The van der Waals surface area contributed by atoms with Gasteiger partial charge in [0.05, 0.1) is 17.1 Å². The Balaban J connectivity index is 2.13. The van der Waals surface area contributed by atoms with E-state index in [1.165, 1.54) is 21.6 Å². The number of anilines is 1. The molecule has 0 atom stereocenters. The van der Waals surface area contributed by atoms with E-state index in [-0.39, 0.29) is 23.7 Å². The van der Waals surface area contributed by atoms with E-state index >= 15 is 0 Å². The number of likely N-dealkylation sites (N-methyl/N-ethyl adjacent to an activating group) is 2. The fraction of sp³-hybridized carbons (Fsp3) is 0.333. The number of carboxylic acid groups (broad SMARTS) is 1. The Labute approximate surface area is 166 Å². The second-order valence-electron chi connectivity index (χ2n) is 5.93. The normalized spacial score (nSPS) is 17.1. The Morgan fingerprint density at radius 2 is 1.67 bits per heavy atom. The molecule has 0 saturated carbocycles. The van der Waals surface area contributed by atoms with Gasteiger partial charge in [-0.3, -0.25) is 24.2 Å². The van der Waals surface area contributed by atoms with Crippen LogP contribution in [0.1, 0.15) is 20.3 Å². The number of benzene rings is 1. The first-order valence-electron chi connectivity index (χ1n) is 8.58. The van der Waals surface area contributed by atoms with Crippen LogP contribution in [0.3, 0.4) is 0 Å². The maximum atomic E-state index is 13.0. The lowest BCUT2D eigenvalue weighted by molar-refractivity contribution is -0.137. The number of amides is 2. The van der Waals surface area contributed by atoms with E-state index in [0.29, 0.717) is 18.1 Å². The van der Waals surface area contributed by atoms with Crippen LogP contribution >= 0.6 is 24.0 Å². The summed E-state index contributed by atoms with van der Waals surface area (Å²) in [6.45, 7) is 4.47. The molecule has 2 aliphatic heterocycles. The van der Waals surface area contributed by atoms with E-state index in [9.17, 15) is 14.4 Å². The molecule has 0 radical (unpaired) electrons. The highest BCUT2D eigenvalue weighted by molar-refractivity contribution is 8.03. The summed E-state index contributed by atoms with van der Waals surface area (Å²) in [5.41, 5.74) is 0.838. The van der Waals surface area contributed by atoms with Crippen LogP contribution in [0.5, 0.6) is 0 Å². The Kier molecular flexibility index (Phi) is 5.52. The Morgan fingerprint density at radius 1 is 1.07 bits per heavy atom. The third-order valence-corrected chi connectivity index (χ3v) is 6.01. The number of carbonyl (C=O) groups is 3. The van der Waals surface area contributed by atoms with E-state index in [0.717, 1.165) is 10.6 Å². The van der Waals surface area contributed by atoms with Crippen molar-refractivity contribution in [2.75, 3.05) is 24.5 Å². The van der Waals surface area contributed by atoms with Gasteiger partial charge in [-0.2, -0.15) is 0 Å². The van der Waals surface area contributed by atoms with E-state index in [4.69, 9.17) is 17.3 Å². The minimum atomic E-state index is -0.943. The molecule has 1 aromatic rings. The van der Waals surface area contributed by atoms with Crippen LogP contribution in [0.15, 0.2) is 39.8 Å². The van der Waals surface area contributed by atoms with Crippen LogP contribution in [0.2, 0.25) is 0 Å². The van der Waals surface area contributed by atoms with Gasteiger partial charge in [0.15, 0.2) is 5.11 Å². The van der Waals surface area contributed by atoms with E-state index in [2.05, 4.69) is 0 Å². The van der Waals surface area contributed by atoms with Crippen LogP contribution in [0, 0.1) is 0 Å². The maximum Gasteiger partial charge on any atom is 0.305 e. The Morgan fingerprint density at radius 3 is 2.22 bits per heavy atom. The highest BCUT2D eigenvalue weighted by atomic mass is 32.2. The van der Waals surface area contributed by atoms with Gasteiger partial charge in [0, 0.05) is 24.5 Å². The standard InChI is InChI=1S/C18H19N3O4S2/c1-3-19-15(24)14(16(25)20(4-2)18(19)26)17-21(10-9-13(22)23)11-7-5-6-8-12(11)27-17/h5-8H,3-4,9-10H2,1-2H3,(H,22,23). The van der Waals surface area contributed by atoms with Crippen molar-refractivity contribution in [2.24, 2.45) is 0 Å². The van der Waals surface area contributed by atoms with Crippen molar-refractivity contribution in [3.05, 3.63) is 34.9 Å². The third-order valence-electron chi connectivity index (χ3n) is 4.38. The number of aliphatic carboxylic acids is 1. The maximum absolute atomic E-state index is 13.0. The lowest BCUT2D eigenvalue weighted by Crippen LogP contribution is -2.56. The van der Waals surface area contributed by atoms with Gasteiger partial charge in [0.1, 0.15) is 5.57 Å². The first-order valence-corrected chi connectivity index (χ1v) is 9.81. The molecule has 0 aliphatic carbocycles. The lowest BCUT2D eigenvalue weighted by atomic mass is 10.1. The second kappa shape index (κ2) is 7.69. The molecule has 0 aromatic heterocycles. The van der Waals surface area contributed by atoms with E-state index in [1.54, 1.807) is 18.7 Å². The third kappa shape index (κ3) is 3.32. The number of nitrogens with zero attached hydrogens (tertiary/aromatic N) is 3. The molecule has 27 heavy (non-hydrogen) atoms. The Hall–Kier alpha value is -2.39. The van der Waals surface area contributed by atoms with Crippen molar-refractivity contribution in [3.8, 4) is 0 Å². The molecule has 0 bridgehead atoms. The summed E-state index contributed by atoms with van der Waals surface area (Å²) < 4.78 is 0. The number of hydrogen-bond acceptors (Lipinski definition) is 6. The van der Waals surface area contributed by atoms with Crippen LogP contribution in [0.25, 0.3) is 0 Å². The van der Waals surface area contributed by atoms with Crippen molar-refractivity contribution in [1.29, 1.82) is 0 Å². The number of hydrogen-bond donors (Lipinski definition) is 1. The van der Waals surface area contributed by atoms with Gasteiger partial charge < -0.3 is 10.0 Å². The van der Waals surface area contributed by atoms with Gasteiger partial charge in [0.2, 0.25) is 0 Å². The Bertz CT molecular complexity index is 840. The van der Waals surface area contributed by atoms with Crippen molar-refractivity contribution in [3.63, 3.8) is 0 Å². The number of rotatable bonds is 5. The molecule has 7 nitrogen and oxygen atoms in total. The highest BCUT2D eigenvalue weighted by Gasteiger charge is 2.43. The molecule has 142 valence electrons. The average molecular weight is 406 g/mol. The fourth-order valence-electron chi connectivity index (χ4n) is 3.07. The first-order chi connectivity index (χ1) is 12.9. The average Bonchev–Trinajstić information content (AvgIpc) is 2.98. The topological polar surface area (TPSA) is 81.2 Å². The number of thioether (sulfide) groups is 1. The SMILES string of the molecule is CCN1C(=O)C(=C2Sc3ccccc3N2CCC(=O)O)C(=O)N(CC)C1=S. The number of carbonyl (C=O) groups excluding carboxylic acids is 2. The van der Waals surface area contributed by atoms with Crippen molar-refractivity contribution >= 4 is 52.6 Å². The zero-order valence-electron chi connectivity index (χ0n) is 15.0. The smallest absolute Gasteiger partial charge is 0.305 e. The molecular formula is C18H19N3O4S2. The molecule has 1 aromatic carbocycles. The minimum absolute atomic E-state index is 0.0406. The van der Waals surface area contributed by atoms with Crippen LogP contribution in [-0.2, 0) is 14.4 Å². The lowest BCUT2D eigenvalue weighted by Gasteiger charge is -2.36. The summed E-state index contributed by atoms with van der Waals surface area (Å²) in [5.74, 6) is -1.82. The van der Waals surface area contributed by atoms with Crippen molar-refractivity contribution in [2.45, 2.75) is 25.2 Å². The molecular weight excluding hydrogens is 386 g/mol. The quantitative estimate of drug-likeness (QED) is 0.457. The first kappa shape index (κ1) is 19.4. The summed E-state index contributed by atoms with van der Waals surface area (Å²) in [6.07, 6.45) is -0.110. The molecule has 1 N–H and O–H groups in total. The van der Waals surface area contributed by atoms with Gasteiger partial charge in [0.25, 0.3) is 11.8 Å². The van der Waals surface area contributed by atoms with Crippen molar-refractivity contribution in [1.82, 2.24) is 9.80 Å². The zero-order chi connectivity index (χ0) is 19.7. The molecule has 0 spiro atoms. The monoisotopic (exact) mass is 405 g/mol. The number of fused-ring (bicyclic) bond motifs is 1. The van der Waals surface area contributed by atoms with Crippen LogP contribution in [-0.4, -0.2) is 57.4 Å². The number of carboxylic acids is 1. The predicted molar refractivity (Wildman–Crippen MR) is 106 cm³/mol. The second-order valence-corrected chi connectivity index (χ2v) is 7.32. The van der Waals surface area contributed by atoms with Crippen LogP contribution < -0.4 is 4.90 Å². The molecule has 0 unspecified atom stereocenters. The van der Waals surface area contributed by atoms with Crippen molar-refractivity contribution < 1.29 is 19.5 Å². The molecule has 1 fully saturated rings. The molecule has 3 rings (SSSR count). The molecule has 2 aliphatic rings. The summed E-state index contributed by atoms with van der Waals surface area (Å²) in [6, 6.07) is 7.45. The summed E-state index contributed by atoms with van der Waals surface area (Å²) in [5, 5.41) is 9.77. The van der Waals surface area contributed by atoms with Gasteiger partial charge in [-0.1, -0.05) is 23.9 Å². The van der Waals surface area contributed by atoms with Gasteiger partial charge in [-0.25, -0.2) is 0 Å². The largest absolute Gasteiger partial charge is 0.481 e. The van der Waals surface area contributed by atoms with E-state index < -0.39 is 17.8 Å². The van der Waals surface area contributed by atoms with Crippen LogP contribution in [0.4, 0.5) is 5.69 Å². The molecule has 2 amide bonds. The predicted octanol–water partition coefficient (Wildman–Crippen LogP) is 2.28. The molecule has 1 saturated heterocycles. The molecule has 2 heterocycles. The minimum Gasteiger partial charge on any atom is -0.481 e.